The molecule has 2 amide bonds. The van der Waals surface area contributed by atoms with Crippen molar-refractivity contribution in [1.29, 1.82) is 0 Å². The molecule has 164 valence electrons. The van der Waals surface area contributed by atoms with Gasteiger partial charge in [0.05, 0.1) is 12.0 Å². The molecule has 1 aromatic carbocycles. The topological polar surface area (TPSA) is 89.2 Å². The van der Waals surface area contributed by atoms with Crippen molar-refractivity contribution in [2.45, 2.75) is 53.6 Å². The standard InChI is InChI=1S/C24H30N4O3/c1-16(2)15-28-18(4)21(17(3)27-28)10-11-23(29)25-14-19-7-5-8-20(13-19)26-24(30)22-9-6-12-31-22/h5-9,12-13,16H,10-11,14-15H2,1-4H3,(H,25,29)(H,26,30). The maximum absolute atomic E-state index is 12.4. The molecule has 0 saturated heterocycles. The lowest BCUT2D eigenvalue weighted by molar-refractivity contribution is -0.121. The maximum Gasteiger partial charge on any atom is 0.291 e. The number of carbonyl (C=O) groups excluding carboxylic acids is 2. The van der Waals surface area contributed by atoms with Gasteiger partial charge in [-0.2, -0.15) is 5.10 Å². The molecule has 2 aromatic heterocycles. The van der Waals surface area contributed by atoms with E-state index in [0.29, 0.717) is 31.0 Å². The van der Waals surface area contributed by atoms with Gasteiger partial charge < -0.3 is 15.1 Å². The van der Waals surface area contributed by atoms with Crippen LogP contribution in [-0.4, -0.2) is 21.6 Å². The first-order valence-electron chi connectivity index (χ1n) is 10.6. The van der Waals surface area contributed by atoms with Gasteiger partial charge in [0.1, 0.15) is 0 Å². The number of benzene rings is 1. The van der Waals surface area contributed by atoms with E-state index in [1.807, 2.05) is 29.8 Å². The molecular formula is C24H30N4O3. The molecule has 2 N–H and O–H groups in total. The minimum absolute atomic E-state index is 0.0135. The number of anilines is 1. The predicted octanol–water partition coefficient (Wildman–Crippen LogP) is 4.25. The fourth-order valence-corrected chi connectivity index (χ4v) is 3.51. The summed E-state index contributed by atoms with van der Waals surface area (Å²) in [6, 6.07) is 10.7. The van der Waals surface area contributed by atoms with E-state index in [4.69, 9.17) is 4.42 Å². The number of carbonyl (C=O) groups is 2. The second-order valence-electron chi connectivity index (χ2n) is 8.13. The van der Waals surface area contributed by atoms with Crippen molar-refractivity contribution in [2.75, 3.05) is 5.32 Å². The van der Waals surface area contributed by atoms with Crippen LogP contribution in [0.5, 0.6) is 0 Å². The van der Waals surface area contributed by atoms with E-state index in [1.54, 1.807) is 18.2 Å². The van der Waals surface area contributed by atoms with Crippen molar-refractivity contribution < 1.29 is 14.0 Å². The molecule has 0 fully saturated rings. The first kappa shape index (κ1) is 22.3. The zero-order valence-electron chi connectivity index (χ0n) is 18.6. The Kier molecular flexibility index (Phi) is 7.28. The number of aryl methyl sites for hydroxylation is 1. The molecule has 2 heterocycles. The van der Waals surface area contributed by atoms with Crippen LogP contribution in [0.3, 0.4) is 0 Å². The number of nitrogens with zero attached hydrogens (tertiary/aromatic N) is 2. The quantitative estimate of drug-likeness (QED) is 0.539. The molecule has 0 aliphatic carbocycles. The summed E-state index contributed by atoms with van der Waals surface area (Å²) >= 11 is 0. The maximum atomic E-state index is 12.4. The van der Waals surface area contributed by atoms with E-state index in [-0.39, 0.29) is 17.6 Å². The molecule has 0 aliphatic heterocycles. The van der Waals surface area contributed by atoms with Gasteiger partial charge in [-0.15, -0.1) is 0 Å². The van der Waals surface area contributed by atoms with Gasteiger partial charge >= 0.3 is 0 Å². The second kappa shape index (κ2) is 10.1. The largest absolute Gasteiger partial charge is 0.459 e. The highest BCUT2D eigenvalue weighted by molar-refractivity contribution is 6.02. The Bertz CT molecular complexity index is 1040. The summed E-state index contributed by atoms with van der Waals surface area (Å²) in [4.78, 5) is 24.5. The van der Waals surface area contributed by atoms with Gasteiger partial charge in [-0.25, -0.2) is 0 Å². The lowest BCUT2D eigenvalue weighted by atomic mass is 10.1. The third-order valence-electron chi connectivity index (χ3n) is 5.09. The minimum Gasteiger partial charge on any atom is -0.459 e. The molecule has 7 heteroatoms. The molecule has 3 rings (SSSR count). The molecule has 0 atom stereocenters. The summed E-state index contributed by atoms with van der Waals surface area (Å²) in [7, 11) is 0. The third-order valence-corrected chi connectivity index (χ3v) is 5.09. The summed E-state index contributed by atoms with van der Waals surface area (Å²) < 4.78 is 7.14. The van der Waals surface area contributed by atoms with Crippen LogP contribution < -0.4 is 10.6 Å². The highest BCUT2D eigenvalue weighted by atomic mass is 16.3. The molecular weight excluding hydrogens is 392 g/mol. The molecule has 0 aliphatic rings. The van der Waals surface area contributed by atoms with Crippen molar-refractivity contribution >= 4 is 17.5 Å². The molecule has 0 bridgehead atoms. The van der Waals surface area contributed by atoms with Gasteiger partial charge in [0, 0.05) is 30.9 Å². The van der Waals surface area contributed by atoms with Crippen molar-refractivity contribution in [1.82, 2.24) is 15.1 Å². The van der Waals surface area contributed by atoms with E-state index in [1.165, 1.54) is 6.26 Å². The highest BCUT2D eigenvalue weighted by Crippen LogP contribution is 2.17. The number of furan rings is 1. The molecule has 0 saturated carbocycles. The first-order valence-corrected chi connectivity index (χ1v) is 10.6. The number of hydrogen-bond acceptors (Lipinski definition) is 4. The number of nitrogens with one attached hydrogen (secondary N) is 2. The lowest BCUT2D eigenvalue weighted by Gasteiger charge is -2.09. The third kappa shape index (κ3) is 6.07. The fraction of sp³-hybridized carbons (Fsp3) is 0.375. The van der Waals surface area contributed by atoms with E-state index in [2.05, 4.69) is 36.5 Å². The summed E-state index contributed by atoms with van der Waals surface area (Å²) in [6.07, 6.45) is 2.53. The predicted molar refractivity (Wildman–Crippen MR) is 120 cm³/mol. The van der Waals surface area contributed by atoms with Crippen molar-refractivity contribution in [3.8, 4) is 0 Å². The summed E-state index contributed by atoms with van der Waals surface area (Å²) in [5.41, 5.74) is 4.84. The van der Waals surface area contributed by atoms with Crippen LogP contribution in [0.2, 0.25) is 0 Å². The Morgan fingerprint density at radius 1 is 1.16 bits per heavy atom. The van der Waals surface area contributed by atoms with Gasteiger partial charge in [-0.3, -0.25) is 14.3 Å². The van der Waals surface area contributed by atoms with Crippen LogP contribution in [-0.2, 0) is 24.3 Å². The summed E-state index contributed by atoms with van der Waals surface area (Å²) in [6.45, 7) is 9.68. The van der Waals surface area contributed by atoms with Crippen LogP contribution in [0, 0.1) is 19.8 Å². The summed E-state index contributed by atoms with van der Waals surface area (Å²) in [5, 5.41) is 10.4. The zero-order valence-corrected chi connectivity index (χ0v) is 18.6. The smallest absolute Gasteiger partial charge is 0.291 e. The van der Waals surface area contributed by atoms with Gasteiger partial charge in [0.2, 0.25) is 5.91 Å². The molecule has 0 radical (unpaired) electrons. The Balaban J connectivity index is 1.51. The first-order chi connectivity index (χ1) is 14.8. The van der Waals surface area contributed by atoms with E-state index in [0.717, 1.165) is 29.1 Å². The number of aromatic nitrogens is 2. The number of rotatable bonds is 9. The van der Waals surface area contributed by atoms with Crippen LogP contribution in [0.1, 0.15) is 53.3 Å². The molecule has 7 nitrogen and oxygen atoms in total. The van der Waals surface area contributed by atoms with Gasteiger partial charge in [-0.05, 0) is 61.6 Å². The zero-order chi connectivity index (χ0) is 22.4. The summed E-state index contributed by atoms with van der Waals surface area (Å²) in [5.74, 6) is 0.449. The van der Waals surface area contributed by atoms with E-state index < -0.39 is 0 Å². The monoisotopic (exact) mass is 422 g/mol. The molecule has 0 unspecified atom stereocenters. The van der Waals surface area contributed by atoms with Gasteiger partial charge in [0.15, 0.2) is 5.76 Å². The van der Waals surface area contributed by atoms with Crippen molar-refractivity contribution in [3.05, 3.63) is 70.9 Å². The van der Waals surface area contributed by atoms with Crippen molar-refractivity contribution in [2.24, 2.45) is 5.92 Å². The van der Waals surface area contributed by atoms with Crippen LogP contribution in [0.15, 0.2) is 47.1 Å². The SMILES string of the molecule is Cc1nn(CC(C)C)c(C)c1CCC(=O)NCc1cccc(NC(=O)c2ccco2)c1. The van der Waals surface area contributed by atoms with Crippen LogP contribution in [0.4, 0.5) is 5.69 Å². The average Bonchev–Trinajstić information content (AvgIpc) is 3.34. The highest BCUT2D eigenvalue weighted by Gasteiger charge is 2.14. The average molecular weight is 423 g/mol. The van der Waals surface area contributed by atoms with E-state index >= 15 is 0 Å². The second-order valence-corrected chi connectivity index (χ2v) is 8.13. The van der Waals surface area contributed by atoms with Gasteiger partial charge in [0.25, 0.3) is 5.91 Å². The minimum atomic E-state index is -0.310. The Hall–Kier alpha value is -3.35. The van der Waals surface area contributed by atoms with E-state index in [9.17, 15) is 9.59 Å². The fourth-order valence-electron chi connectivity index (χ4n) is 3.51. The Morgan fingerprint density at radius 2 is 1.97 bits per heavy atom. The van der Waals surface area contributed by atoms with Crippen molar-refractivity contribution in [3.63, 3.8) is 0 Å². The normalized spacial score (nSPS) is 11.0. The van der Waals surface area contributed by atoms with Gasteiger partial charge in [-0.1, -0.05) is 26.0 Å². The van der Waals surface area contributed by atoms with Crippen LogP contribution in [0.25, 0.3) is 0 Å². The Morgan fingerprint density at radius 3 is 2.68 bits per heavy atom. The molecule has 0 spiro atoms. The van der Waals surface area contributed by atoms with Crippen LogP contribution >= 0.6 is 0 Å². The lowest BCUT2D eigenvalue weighted by Crippen LogP contribution is -2.23. The Labute approximate surface area is 182 Å². The number of amides is 2. The molecule has 3 aromatic rings. The molecule has 31 heavy (non-hydrogen) atoms. The number of hydrogen-bond donors (Lipinski definition) is 2.